The molecule has 1 aliphatic rings. The van der Waals surface area contributed by atoms with Crippen LogP contribution in [0.1, 0.15) is 18.1 Å². The molecule has 0 bridgehead atoms. The van der Waals surface area contributed by atoms with E-state index in [0.717, 1.165) is 5.56 Å². The van der Waals surface area contributed by atoms with Crippen LogP contribution >= 0.6 is 0 Å². The zero-order valence-electron chi connectivity index (χ0n) is 11.8. The second-order valence-electron chi connectivity index (χ2n) is 5.69. The van der Waals surface area contributed by atoms with Gasteiger partial charge in [0, 0.05) is 19.6 Å². The van der Waals surface area contributed by atoms with Crippen molar-refractivity contribution in [2.75, 3.05) is 20.3 Å². The molecule has 2 atom stereocenters. The third-order valence-corrected chi connectivity index (χ3v) is 3.86. The van der Waals surface area contributed by atoms with Gasteiger partial charge >= 0.3 is 0 Å². The van der Waals surface area contributed by atoms with Crippen LogP contribution in [0.5, 0.6) is 0 Å². The summed E-state index contributed by atoms with van der Waals surface area (Å²) in [6.45, 7) is 5.40. The van der Waals surface area contributed by atoms with E-state index >= 15 is 0 Å². The van der Waals surface area contributed by atoms with Gasteiger partial charge in [0.1, 0.15) is 0 Å². The summed E-state index contributed by atoms with van der Waals surface area (Å²) >= 11 is 0. The summed E-state index contributed by atoms with van der Waals surface area (Å²) in [4.78, 5) is 14.3. The zero-order chi connectivity index (χ0) is 14.0. The van der Waals surface area contributed by atoms with Crippen LogP contribution in [0.3, 0.4) is 0 Å². The Labute approximate surface area is 114 Å². The highest BCUT2D eigenvalue weighted by Crippen LogP contribution is 2.29. The first-order valence-corrected chi connectivity index (χ1v) is 6.58. The van der Waals surface area contributed by atoms with E-state index in [2.05, 4.69) is 6.07 Å². The summed E-state index contributed by atoms with van der Waals surface area (Å²) in [6.07, 6.45) is 0. The molecule has 1 fully saturated rings. The van der Waals surface area contributed by atoms with E-state index in [1.807, 2.05) is 39.1 Å². The van der Waals surface area contributed by atoms with Gasteiger partial charge in [-0.15, -0.1) is 0 Å². The van der Waals surface area contributed by atoms with Crippen LogP contribution in [0.2, 0.25) is 0 Å². The summed E-state index contributed by atoms with van der Waals surface area (Å²) in [5, 5.41) is 0. The molecule has 0 aliphatic carbocycles. The van der Waals surface area contributed by atoms with E-state index in [1.54, 1.807) is 4.90 Å². The Bertz CT molecular complexity index is 475. The lowest BCUT2D eigenvalue weighted by molar-refractivity contribution is -0.140. The van der Waals surface area contributed by atoms with Crippen molar-refractivity contribution in [3.8, 4) is 0 Å². The van der Waals surface area contributed by atoms with Gasteiger partial charge in [-0.25, -0.2) is 0 Å². The number of ether oxygens (including phenoxy) is 1. The molecule has 1 aromatic carbocycles. The van der Waals surface area contributed by atoms with E-state index in [4.69, 9.17) is 10.5 Å². The van der Waals surface area contributed by atoms with Crippen molar-refractivity contribution in [3.63, 3.8) is 0 Å². The fourth-order valence-electron chi connectivity index (χ4n) is 2.50. The summed E-state index contributed by atoms with van der Waals surface area (Å²) in [7, 11) is 1.82. The number of nitrogens with zero attached hydrogens (tertiary/aromatic N) is 1. The van der Waals surface area contributed by atoms with Crippen molar-refractivity contribution in [2.24, 2.45) is 11.1 Å². The second-order valence-corrected chi connectivity index (χ2v) is 5.69. The SMILES string of the molecule is Cc1cccc(CN(C)C(=O)C2(C)COCC2N)c1. The lowest BCUT2D eigenvalue weighted by Crippen LogP contribution is -2.50. The first kappa shape index (κ1) is 14.0. The smallest absolute Gasteiger partial charge is 0.232 e. The molecular weight excluding hydrogens is 240 g/mol. The Kier molecular flexibility index (Phi) is 3.92. The molecule has 2 rings (SSSR count). The quantitative estimate of drug-likeness (QED) is 0.893. The average Bonchev–Trinajstić information content (AvgIpc) is 2.70. The van der Waals surface area contributed by atoms with Gasteiger partial charge in [-0.1, -0.05) is 29.8 Å². The number of hydrogen-bond donors (Lipinski definition) is 1. The van der Waals surface area contributed by atoms with Gasteiger partial charge in [0.15, 0.2) is 0 Å². The summed E-state index contributed by atoms with van der Waals surface area (Å²) in [5.41, 5.74) is 7.73. The highest BCUT2D eigenvalue weighted by Gasteiger charge is 2.45. The Morgan fingerprint density at radius 1 is 1.58 bits per heavy atom. The minimum Gasteiger partial charge on any atom is -0.379 e. The number of hydrogen-bond acceptors (Lipinski definition) is 3. The largest absolute Gasteiger partial charge is 0.379 e. The molecule has 104 valence electrons. The monoisotopic (exact) mass is 262 g/mol. The fraction of sp³-hybridized carbons (Fsp3) is 0.533. The number of rotatable bonds is 3. The van der Waals surface area contributed by atoms with Gasteiger partial charge in [0.25, 0.3) is 0 Å². The predicted molar refractivity (Wildman–Crippen MR) is 74.6 cm³/mol. The van der Waals surface area contributed by atoms with Crippen LogP contribution in [0, 0.1) is 12.3 Å². The minimum atomic E-state index is -0.599. The first-order chi connectivity index (χ1) is 8.93. The molecule has 0 aromatic heterocycles. The van der Waals surface area contributed by atoms with Gasteiger partial charge in [-0.05, 0) is 19.4 Å². The maximum atomic E-state index is 12.5. The Hall–Kier alpha value is -1.39. The number of carbonyl (C=O) groups excluding carboxylic acids is 1. The Balaban J connectivity index is 2.07. The zero-order valence-corrected chi connectivity index (χ0v) is 11.8. The van der Waals surface area contributed by atoms with Crippen LogP contribution < -0.4 is 5.73 Å². The van der Waals surface area contributed by atoms with Crippen molar-refractivity contribution in [1.29, 1.82) is 0 Å². The molecule has 2 N–H and O–H groups in total. The topological polar surface area (TPSA) is 55.6 Å². The van der Waals surface area contributed by atoms with E-state index in [0.29, 0.717) is 19.8 Å². The molecule has 19 heavy (non-hydrogen) atoms. The predicted octanol–water partition coefficient (Wildman–Crippen LogP) is 1.32. The molecular formula is C15H22N2O2. The standard InChI is InChI=1S/C15H22N2O2/c1-11-5-4-6-12(7-11)8-17(3)14(18)15(2)10-19-9-13(15)16/h4-7,13H,8-10,16H2,1-3H3. The lowest BCUT2D eigenvalue weighted by atomic mass is 9.84. The maximum Gasteiger partial charge on any atom is 0.232 e. The Morgan fingerprint density at radius 2 is 2.32 bits per heavy atom. The fourth-order valence-corrected chi connectivity index (χ4v) is 2.50. The van der Waals surface area contributed by atoms with Crippen LogP contribution in [0.25, 0.3) is 0 Å². The van der Waals surface area contributed by atoms with Crippen molar-refractivity contribution in [3.05, 3.63) is 35.4 Å². The third-order valence-electron chi connectivity index (χ3n) is 3.86. The number of nitrogens with two attached hydrogens (primary N) is 1. The van der Waals surface area contributed by atoms with Crippen molar-refractivity contribution >= 4 is 5.91 Å². The molecule has 1 amide bonds. The van der Waals surface area contributed by atoms with Gasteiger partial charge < -0.3 is 15.4 Å². The minimum absolute atomic E-state index is 0.0546. The molecule has 1 heterocycles. The molecule has 4 nitrogen and oxygen atoms in total. The molecule has 0 spiro atoms. The van der Waals surface area contributed by atoms with Crippen molar-refractivity contribution < 1.29 is 9.53 Å². The normalized spacial score (nSPS) is 26.4. The van der Waals surface area contributed by atoms with E-state index in [-0.39, 0.29) is 11.9 Å². The summed E-state index contributed by atoms with van der Waals surface area (Å²) in [5.74, 6) is 0.0546. The summed E-state index contributed by atoms with van der Waals surface area (Å²) in [6, 6.07) is 7.96. The second kappa shape index (κ2) is 5.31. The summed E-state index contributed by atoms with van der Waals surface area (Å²) < 4.78 is 5.34. The number of benzene rings is 1. The number of amides is 1. The highest BCUT2D eigenvalue weighted by atomic mass is 16.5. The van der Waals surface area contributed by atoms with Gasteiger partial charge in [0.2, 0.25) is 5.91 Å². The maximum absolute atomic E-state index is 12.5. The van der Waals surface area contributed by atoms with Crippen molar-refractivity contribution in [2.45, 2.75) is 26.4 Å². The van der Waals surface area contributed by atoms with Crippen LogP contribution in [0.4, 0.5) is 0 Å². The molecule has 4 heteroatoms. The van der Waals surface area contributed by atoms with Gasteiger partial charge in [-0.3, -0.25) is 4.79 Å². The highest BCUT2D eigenvalue weighted by molar-refractivity contribution is 5.83. The van der Waals surface area contributed by atoms with E-state index < -0.39 is 5.41 Å². The molecule has 1 saturated heterocycles. The molecule has 0 radical (unpaired) electrons. The molecule has 1 aliphatic heterocycles. The first-order valence-electron chi connectivity index (χ1n) is 6.58. The Morgan fingerprint density at radius 3 is 2.89 bits per heavy atom. The number of aryl methyl sites for hydroxylation is 1. The molecule has 2 unspecified atom stereocenters. The van der Waals surface area contributed by atoms with E-state index in [9.17, 15) is 4.79 Å². The number of carbonyl (C=O) groups is 1. The van der Waals surface area contributed by atoms with Crippen LogP contribution in [-0.2, 0) is 16.1 Å². The lowest BCUT2D eigenvalue weighted by Gasteiger charge is -2.31. The van der Waals surface area contributed by atoms with Gasteiger partial charge in [-0.2, -0.15) is 0 Å². The van der Waals surface area contributed by atoms with Crippen molar-refractivity contribution in [1.82, 2.24) is 4.90 Å². The molecule has 1 aromatic rings. The van der Waals surface area contributed by atoms with E-state index in [1.165, 1.54) is 5.56 Å². The average molecular weight is 262 g/mol. The molecule has 0 saturated carbocycles. The van der Waals surface area contributed by atoms with Gasteiger partial charge in [0.05, 0.1) is 18.6 Å². The van der Waals surface area contributed by atoms with Crippen LogP contribution in [-0.4, -0.2) is 37.1 Å². The van der Waals surface area contributed by atoms with Crippen LogP contribution in [0.15, 0.2) is 24.3 Å². The third kappa shape index (κ3) is 2.80.